The van der Waals surface area contributed by atoms with Gasteiger partial charge < -0.3 is 10.0 Å². The van der Waals surface area contributed by atoms with Crippen molar-refractivity contribution in [2.24, 2.45) is 0 Å². The number of nitrogens with zero attached hydrogens (tertiary/aromatic N) is 4. The van der Waals surface area contributed by atoms with Crippen molar-refractivity contribution in [2.75, 3.05) is 18.1 Å². The molecule has 1 aliphatic rings. The summed E-state index contributed by atoms with van der Waals surface area (Å²) in [7, 11) is 0. The van der Waals surface area contributed by atoms with Crippen LogP contribution >= 0.6 is 0 Å². The fraction of sp³-hybridized carbons (Fsp3) is 0.538. The molecule has 0 amide bonds. The lowest BCUT2D eigenvalue weighted by Gasteiger charge is -2.38. The third kappa shape index (κ3) is 1.84. The Morgan fingerprint density at radius 1 is 1.50 bits per heavy atom. The highest BCUT2D eigenvalue weighted by molar-refractivity contribution is 5.69. The van der Waals surface area contributed by atoms with Crippen molar-refractivity contribution in [1.29, 1.82) is 0 Å². The summed E-state index contributed by atoms with van der Waals surface area (Å²) >= 11 is 0. The van der Waals surface area contributed by atoms with Gasteiger partial charge in [0.1, 0.15) is 5.52 Å². The van der Waals surface area contributed by atoms with E-state index in [9.17, 15) is 5.11 Å². The summed E-state index contributed by atoms with van der Waals surface area (Å²) in [5.41, 5.74) is 2.01. The van der Waals surface area contributed by atoms with Crippen LogP contribution < -0.4 is 4.90 Å². The Morgan fingerprint density at radius 3 is 3.00 bits per heavy atom. The van der Waals surface area contributed by atoms with Crippen LogP contribution in [0.5, 0.6) is 0 Å². The fourth-order valence-corrected chi connectivity index (χ4v) is 2.52. The van der Waals surface area contributed by atoms with E-state index in [1.165, 1.54) is 19.3 Å². The van der Waals surface area contributed by atoms with Gasteiger partial charge in [-0.15, -0.1) is 0 Å². The van der Waals surface area contributed by atoms with Crippen LogP contribution in [-0.2, 0) is 0 Å². The molecule has 1 fully saturated rings. The Kier molecular flexibility index (Phi) is 2.91. The van der Waals surface area contributed by atoms with Gasteiger partial charge in [0.2, 0.25) is 0 Å². The second kappa shape index (κ2) is 4.57. The number of hydrogen-bond donors (Lipinski definition) is 1. The summed E-state index contributed by atoms with van der Waals surface area (Å²) in [6, 6.07) is 2.57. The molecule has 2 aromatic heterocycles. The second-order valence-corrected chi connectivity index (χ2v) is 4.87. The van der Waals surface area contributed by atoms with Crippen LogP contribution in [0.15, 0.2) is 18.5 Å². The molecule has 1 aliphatic carbocycles. The van der Waals surface area contributed by atoms with Crippen molar-refractivity contribution in [2.45, 2.75) is 32.2 Å². The van der Waals surface area contributed by atoms with Crippen LogP contribution in [0.1, 0.15) is 25.0 Å². The minimum Gasteiger partial charge on any atom is -0.395 e. The third-order valence-electron chi connectivity index (χ3n) is 3.62. The molecule has 0 aliphatic heterocycles. The molecule has 2 heterocycles. The molecule has 3 rings (SSSR count). The van der Waals surface area contributed by atoms with Crippen molar-refractivity contribution in [3.8, 4) is 0 Å². The van der Waals surface area contributed by atoms with Crippen molar-refractivity contribution in [1.82, 2.24) is 14.6 Å². The molecule has 1 N–H and O–H groups in total. The predicted octanol–water partition coefficient (Wildman–Crippen LogP) is 1.39. The quantitative estimate of drug-likeness (QED) is 0.885. The SMILES string of the molecule is Cc1cc2c(N(CCO)C3CCC3)nccn2n1. The van der Waals surface area contributed by atoms with E-state index in [1.807, 2.05) is 23.7 Å². The molecule has 18 heavy (non-hydrogen) atoms. The molecule has 0 aromatic carbocycles. The van der Waals surface area contributed by atoms with Crippen molar-refractivity contribution in [3.05, 3.63) is 24.2 Å². The van der Waals surface area contributed by atoms with Gasteiger partial charge in [-0.25, -0.2) is 9.50 Å². The highest BCUT2D eigenvalue weighted by Gasteiger charge is 2.27. The van der Waals surface area contributed by atoms with Crippen molar-refractivity contribution < 1.29 is 5.11 Å². The monoisotopic (exact) mass is 246 g/mol. The van der Waals surface area contributed by atoms with Crippen LogP contribution in [0.4, 0.5) is 5.82 Å². The number of aromatic nitrogens is 3. The lowest BCUT2D eigenvalue weighted by atomic mass is 9.91. The first-order valence-electron chi connectivity index (χ1n) is 6.48. The van der Waals surface area contributed by atoms with Crippen LogP contribution in [0.3, 0.4) is 0 Å². The maximum Gasteiger partial charge on any atom is 0.155 e. The average Bonchev–Trinajstić information content (AvgIpc) is 2.66. The minimum absolute atomic E-state index is 0.159. The molecular formula is C13H18N4O. The fourth-order valence-electron chi connectivity index (χ4n) is 2.52. The molecule has 0 unspecified atom stereocenters. The zero-order valence-corrected chi connectivity index (χ0v) is 10.6. The summed E-state index contributed by atoms with van der Waals surface area (Å²) in [6.07, 6.45) is 7.29. The van der Waals surface area contributed by atoms with E-state index in [0.29, 0.717) is 12.6 Å². The molecule has 0 saturated heterocycles. The molecule has 0 atom stereocenters. The topological polar surface area (TPSA) is 53.7 Å². The zero-order chi connectivity index (χ0) is 12.5. The van der Waals surface area contributed by atoms with Gasteiger partial charge in [0.25, 0.3) is 0 Å². The van der Waals surface area contributed by atoms with Crippen LogP contribution in [0.2, 0.25) is 0 Å². The Labute approximate surface area is 106 Å². The molecule has 5 heteroatoms. The van der Waals surface area contributed by atoms with E-state index in [-0.39, 0.29) is 6.61 Å². The maximum absolute atomic E-state index is 9.25. The molecule has 96 valence electrons. The third-order valence-corrected chi connectivity index (χ3v) is 3.62. The lowest BCUT2D eigenvalue weighted by Crippen LogP contribution is -2.42. The van der Waals surface area contributed by atoms with E-state index in [4.69, 9.17) is 0 Å². The van der Waals surface area contributed by atoms with Crippen molar-refractivity contribution in [3.63, 3.8) is 0 Å². The Hall–Kier alpha value is -1.62. The van der Waals surface area contributed by atoms with Gasteiger partial charge in [0.15, 0.2) is 5.82 Å². The number of anilines is 1. The summed E-state index contributed by atoms with van der Waals surface area (Å²) in [5, 5.41) is 13.7. The Morgan fingerprint density at radius 2 is 2.33 bits per heavy atom. The highest BCUT2D eigenvalue weighted by atomic mass is 16.3. The molecule has 2 aromatic rings. The number of rotatable bonds is 4. The molecule has 0 spiro atoms. The highest BCUT2D eigenvalue weighted by Crippen LogP contribution is 2.30. The summed E-state index contributed by atoms with van der Waals surface area (Å²) in [5.74, 6) is 0.942. The molecule has 5 nitrogen and oxygen atoms in total. The number of aryl methyl sites for hydroxylation is 1. The first-order valence-corrected chi connectivity index (χ1v) is 6.48. The van der Waals surface area contributed by atoms with Gasteiger partial charge in [-0.1, -0.05) is 0 Å². The molecule has 0 bridgehead atoms. The second-order valence-electron chi connectivity index (χ2n) is 4.87. The predicted molar refractivity (Wildman–Crippen MR) is 69.8 cm³/mol. The number of hydrogen-bond acceptors (Lipinski definition) is 4. The maximum atomic E-state index is 9.25. The first kappa shape index (κ1) is 11.5. The van der Waals surface area contributed by atoms with Gasteiger partial charge in [-0.05, 0) is 32.3 Å². The zero-order valence-electron chi connectivity index (χ0n) is 10.6. The summed E-state index contributed by atoms with van der Waals surface area (Å²) in [6.45, 7) is 2.78. The number of fused-ring (bicyclic) bond motifs is 1. The molecular weight excluding hydrogens is 228 g/mol. The average molecular weight is 246 g/mol. The lowest BCUT2D eigenvalue weighted by molar-refractivity contribution is 0.283. The smallest absolute Gasteiger partial charge is 0.155 e. The molecule has 0 radical (unpaired) electrons. The number of aliphatic hydroxyl groups is 1. The van der Waals surface area contributed by atoms with E-state index in [0.717, 1.165) is 17.0 Å². The van der Waals surface area contributed by atoms with E-state index in [2.05, 4.69) is 15.0 Å². The largest absolute Gasteiger partial charge is 0.395 e. The summed E-state index contributed by atoms with van der Waals surface area (Å²) in [4.78, 5) is 6.72. The van der Waals surface area contributed by atoms with Gasteiger partial charge in [0, 0.05) is 25.0 Å². The van der Waals surface area contributed by atoms with Crippen LogP contribution in [0.25, 0.3) is 5.52 Å². The number of aliphatic hydroxyl groups excluding tert-OH is 1. The normalized spacial score (nSPS) is 15.9. The van der Waals surface area contributed by atoms with Gasteiger partial charge in [-0.3, -0.25) is 0 Å². The van der Waals surface area contributed by atoms with Gasteiger partial charge in [-0.2, -0.15) is 5.10 Å². The standard InChI is InChI=1S/C13H18N4O/c1-10-9-12-13(14-5-6-17(12)15-10)16(7-8-18)11-3-2-4-11/h5-6,9,11,18H,2-4,7-8H2,1H3. The van der Waals surface area contributed by atoms with Crippen LogP contribution in [-0.4, -0.2) is 38.9 Å². The molecule has 1 saturated carbocycles. The van der Waals surface area contributed by atoms with Crippen molar-refractivity contribution >= 4 is 11.3 Å². The van der Waals surface area contributed by atoms with Gasteiger partial charge >= 0.3 is 0 Å². The Balaban J connectivity index is 2.04. The van der Waals surface area contributed by atoms with Crippen LogP contribution in [0, 0.1) is 6.92 Å². The van der Waals surface area contributed by atoms with Gasteiger partial charge in [0.05, 0.1) is 12.3 Å². The van der Waals surface area contributed by atoms with E-state index >= 15 is 0 Å². The van der Waals surface area contributed by atoms with E-state index in [1.54, 1.807) is 6.20 Å². The summed E-state index contributed by atoms with van der Waals surface area (Å²) < 4.78 is 1.86. The first-order chi connectivity index (χ1) is 8.79. The minimum atomic E-state index is 0.159. The van der Waals surface area contributed by atoms with E-state index < -0.39 is 0 Å². The Bertz CT molecular complexity index is 547.